The second-order valence-electron chi connectivity index (χ2n) is 5.48. The van der Waals surface area contributed by atoms with E-state index in [1.807, 2.05) is 0 Å². The first kappa shape index (κ1) is 17.6. The summed E-state index contributed by atoms with van der Waals surface area (Å²) in [4.78, 5) is 45.7. The van der Waals surface area contributed by atoms with Gasteiger partial charge in [0.25, 0.3) is 17.5 Å². The van der Waals surface area contributed by atoms with Crippen LogP contribution in [0.3, 0.4) is 0 Å². The van der Waals surface area contributed by atoms with Gasteiger partial charge in [-0.25, -0.2) is 0 Å². The van der Waals surface area contributed by atoms with E-state index in [0.717, 1.165) is 5.56 Å². The first-order valence-electron chi connectivity index (χ1n) is 7.55. The number of hydrogen-bond acceptors (Lipinski definition) is 6. The van der Waals surface area contributed by atoms with Crippen LogP contribution in [-0.4, -0.2) is 28.4 Å². The minimum absolute atomic E-state index is 0.0160. The van der Waals surface area contributed by atoms with Gasteiger partial charge in [-0.15, -0.1) is 11.8 Å². The van der Waals surface area contributed by atoms with Crippen LogP contribution in [0.4, 0.5) is 11.4 Å². The summed E-state index contributed by atoms with van der Waals surface area (Å²) in [6.07, 6.45) is 0. The molecule has 0 saturated carbocycles. The van der Waals surface area contributed by atoms with E-state index in [1.54, 1.807) is 24.3 Å². The van der Waals surface area contributed by atoms with Crippen LogP contribution in [0, 0.1) is 10.1 Å². The van der Waals surface area contributed by atoms with Crippen molar-refractivity contribution in [3.63, 3.8) is 0 Å². The molecule has 8 nitrogen and oxygen atoms in total. The highest BCUT2D eigenvalue weighted by Gasteiger charge is 2.29. The second kappa shape index (κ2) is 7.36. The molecule has 0 radical (unpaired) electrons. The van der Waals surface area contributed by atoms with Crippen molar-refractivity contribution in [2.24, 2.45) is 0 Å². The number of benzene rings is 2. The Balaban J connectivity index is 1.56. The Kier molecular flexibility index (Phi) is 4.99. The highest BCUT2D eigenvalue weighted by atomic mass is 32.2. The molecular weight excluding hydrogens is 358 g/mol. The molecule has 0 atom stereocenters. The molecule has 1 aliphatic rings. The van der Waals surface area contributed by atoms with E-state index in [0.29, 0.717) is 11.4 Å². The number of hydrogen-bond donors (Lipinski definition) is 2. The smallest absolute Gasteiger partial charge is 0.269 e. The number of nitrogens with one attached hydrogen (secondary N) is 2. The fraction of sp³-hybridized carbons (Fsp3) is 0.118. The average molecular weight is 371 g/mol. The standard InChI is InChI=1S/C17H13N3O5S/c21-14(9-26-8-10-4-6-11(7-5-10)20(24)25)18-13-3-1-2-12-15(13)17(23)19-16(12)22/h1-7H,8-9H2,(H,18,21)(H,19,22,23). The summed E-state index contributed by atoms with van der Waals surface area (Å²) in [7, 11) is 0. The van der Waals surface area contributed by atoms with Crippen LogP contribution in [0.1, 0.15) is 26.3 Å². The minimum Gasteiger partial charge on any atom is -0.325 e. The number of nitro groups is 1. The van der Waals surface area contributed by atoms with Gasteiger partial charge in [-0.1, -0.05) is 18.2 Å². The number of nitro benzene ring substituents is 1. The Morgan fingerprint density at radius 2 is 1.85 bits per heavy atom. The first-order valence-corrected chi connectivity index (χ1v) is 8.71. The Hall–Kier alpha value is -3.20. The molecule has 3 rings (SSSR count). The molecule has 2 N–H and O–H groups in total. The van der Waals surface area contributed by atoms with Crippen LogP contribution in [-0.2, 0) is 10.5 Å². The number of nitrogens with zero attached hydrogens (tertiary/aromatic N) is 1. The minimum atomic E-state index is -0.528. The monoisotopic (exact) mass is 371 g/mol. The van der Waals surface area contributed by atoms with Crippen molar-refractivity contribution in [1.29, 1.82) is 0 Å². The number of carbonyl (C=O) groups is 3. The lowest BCUT2D eigenvalue weighted by Crippen LogP contribution is -2.21. The van der Waals surface area contributed by atoms with Crippen molar-refractivity contribution in [2.45, 2.75) is 5.75 Å². The Bertz CT molecular complexity index is 911. The van der Waals surface area contributed by atoms with Gasteiger partial charge in [-0.2, -0.15) is 0 Å². The summed E-state index contributed by atoms with van der Waals surface area (Å²) in [6.45, 7) is 0. The number of carbonyl (C=O) groups excluding carboxylic acids is 3. The van der Waals surface area contributed by atoms with E-state index in [2.05, 4.69) is 10.6 Å². The number of anilines is 1. The maximum absolute atomic E-state index is 12.1. The number of amides is 3. The van der Waals surface area contributed by atoms with Gasteiger partial charge in [0.2, 0.25) is 5.91 Å². The lowest BCUT2D eigenvalue weighted by Gasteiger charge is -2.08. The van der Waals surface area contributed by atoms with E-state index in [-0.39, 0.29) is 28.5 Å². The van der Waals surface area contributed by atoms with E-state index < -0.39 is 16.7 Å². The van der Waals surface area contributed by atoms with Gasteiger partial charge in [0.1, 0.15) is 0 Å². The third-order valence-corrected chi connectivity index (χ3v) is 4.69. The SMILES string of the molecule is O=C(CSCc1ccc([N+](=O)[O-])cc1)Nc1cccc2c1C(=O)NC2=O. The van der Waals surface area contributed by atoms with Crippen molar-refractivity contribution in [3.8, 4) is 0 Å². The van der Waals surface area contributed by atoms with E-state index in [4.69, 9.17) is 0 Å². The molecular formula is C17H13N3O5S. The Morgan fingerprint density at radius 1 is 1.12 bits per heavy atom. The lowest BCUT2D eigenvalue weighted by atomic mass is 10.1. The number of fused-ring (bicyclic) bond motifs is 1. The maximum Gasteiger partial charge on any atom is 0.269 e. The van der Waals surface area contributed by atoms with Crippen LogP contribution in [0.2, 0.25) is 0 Å². The van der Waals surface area contributed by atoms with E-state index >= 15 is 0 Å². The molecule has 0 unspecified atom stereocenters. The highest BCUT2D eigenvalue weighted by molar-refractivity contribution is 7.99. The maximum atomic E-state index is 12.1. The molecule has 1 heterocycles. The molecule has 1 aliphatic heterocycles. The highest BCUT2D eigenvalue weighted by Crippen LogP contribution is 2.24. The molecule has 3 amide bonds. The van der Waals surface area contributed by atoms with Crippen molar-refractivity contribution in [2.75, 3.05) is 11.1 Å². The van der Waals surface area contributed by atoms with Gasteiger partial charge in [-0.3, -0.25) is 29.8 Å². The summed E-state index contributed by atoms with van der Waals surface area (Å²) in [5.41, 5.74) is 1.59. The topological polar surface area (TPSA) is 118 Å². The van der Waals surface area contributed by atoms with E-state index in [9.17, 15) is 24.5 Å². The average Bonchev–Trinajstić information content (AvgIpc) is 2.90. The predicted octanol–water partition coefficient (Wildman–Crippen LogP) is 2.35. The summed E-state index contributed by atoms with van der Waals surface area (Å²) in [5, 5.41) is 15.4. The molecule has 9 heteroatoms. The zero-order chi connectivity index (χ0) is 18.7. The van der Waals surface area contributed by atoms with Gasteiger partial charge in [0.15, 0.2) is 0 Å². The van der Waals surface area contributed by atoms with Gasteiger partial charge in [0.05, 0.1) is 27.5 Å². The van der Waals surface area contributed by atoms with Crippen molar-refractivity contribution < 1.29 is 19.3 Å². The Morgan fingerprint density at radius 3 is 2.54 bits per heavy atom. The number of thioether (sulfide) groups is 1. The molecule has 0 aromatic heterocycles. The summed E-state index contributed by atoms with van der Waals surface area (Å²) < 4.78 is 0. The van der Waals surface area contributed by atoms with Gasteiger partial charge in [0, 0.05) is 17.9 Å². The first-order chi connectivity index (χ1) is 12.5. The fourth-order valence-corrected chi connectivity index (χ4v) is 3.27. The largest absolute Gasteiger partial charge is 0.325 e. The number of non-ortho nitro benzene ring substituents is 1. The normalized spacial score (nSPS) is 12.5. The lowest BCUT2D eigenvalue weighted by molar-refractivity contribution is -0.384. The predicted molar refractivity (Wildman–Crippen MR) is 96.1 cm³/mol. The zero-order valence-electron chi connectivity index (χ0n) is 13.4. The molecule has 2 aromatic rings. The fourth-order valence-electron chi connectivity index (χ4n) is 2.49. The van der Waals surface area contributed by atoms with Crippen molar-refractivity contribution in [3.05, 3.63) is 69.3 Å². The van der Waals surface area contributed by atoms with Gasteiger partial charge in [-0.05, 0) is 17.7 Å². The van der Waals surface area contributed by atoms with E-state index in [1.165, 1.54) is 30.0 Å². The van der Waals surface area contributed by atoms with Crippen LogP contribution in [0.25, 0.3) is 0 Å². The van der Waals surface area contributed by atoms with Gasteiger partial charge >= 0.3 is 0 Å². The molecule has 0 fully saturated rings. The third-order valence-electron chi connectivity index (χ3n) is 3.69. The number of rotatable bonds is 6. The number of imide groups is 1. The molecule has 132 valence electrons. The quantitative estimate of drug-likeness (QED) is 0.457. The third kappa shape index (κ3) is 3.72. The molecule has 2 aromatic carbocycles. The Labute approximate surface area is 152 Å². The molecule has 0 saturated heterocycles. The molecule has 0 spiro atoms. The summed E-state index contributed by atoms with van der Waals surface area (Å²) >= 11 is 1.33. The van der Waals surface area contributed by atoms with Crippen LogP contribution in [0.5, 0.6) is 0 Å². The summed E-state index contributed by atoms with van der Waals surface area (Å²) in [6, 6.07) is 10.8. The van der Waals surface area contributed by atoms with Crippen LogP contribution >= 0.6 is 11.8 Å². The molecule has 0 aliphatic carbocycles. The molecule has 26 heavy (non-hydrogen) atoms. The molecule has 0 bridgehead atoms. The summed E-state index contributed by atoms with van der Waals surface area (Å²) in [5.74, 6) is -0.668. The van der Waals surface area contributed by atoms with Crippen LogP contribution < -0.4 is 10.6 Å². The zero-order valence-corrected chi connectivity index (χ0v) is 14.2. The van der Waals surface area contributed by atoms with Crippen molar-refractivity contribution in [1.82, 2.24) is 5.32 Å². The van der Waals surface area contributed by atoms with Crippen LogP contribution in [0.15, 0.2) is 42.5 Å². The van der Waals surface area contributed by atoms with Crippen molar-refractivity contribution >= 4 is 40.9 Å². The van der Waals surface area contributed by atoms with Gasteiger partial charge < -0.3 is 5.32 Å². The second-order valence-corrected chi connectivity index (χ2v) is 6.46.